The molecule has 0 aliphatic rings. The molecule has 1 amide bonds. The summed E-state index contributed by atoms with van der Waals surface area (Å²) in [5, 5.41) is 2.51. The number of nitrogens with one attached hydrogen (secondary N) is 1. The minimum atomic E-state index is -0.493. The maximum absolute atomic E-state index is 11.1. The molecule has 0 radical (unpaired) electrons. The number of carbonyl (C=O) groups excluding carboxylic acids is 1. The van der Waals surface area contributed by atoms with Crippen LogP contribution in [0.3, 0.4) is 0 Å². The van der Waals surface area contributed by atoms with Crippen LogP contribution in [-0.4, -0.2) is 22.2 Å². The molecule has 0 aliphatic carbocycles. The van der Waals surface area contributed by atoms with Gasteiger partial charge in [0, 0.05) is 0 Å². The summed E-state index contributed by atoms with van der Waals surface area (Å²) >= 11 is 0. The van der Waals surface area contributed by atoms with Crippen LogP contribution >= 0.6 is 0 Å². The maximum atomic E-state index is 11.1. The Bertz CT molecular complexity index is 308. The molecule has 1 aromatic rings. The summed E-state index contributed by atoms with van der Waals surface area (Å²) in [6, 6.07) is 0. The van der Waals surface area contributed by atoms with Crippen molar-refractivity contribution in [3.05, 3.63) is 18.2 Å². The highest BCUT2D eigenvalue weighted by Gasteiger charge is 2.05. The largest absolute Gasteiger partial charge is 0.447 e. The first-order valence-corrected chi connectivity index (χ1v) is 4.34. The van der Waals surface area contributed by atoms with Gasteiger partial charge in [0.1, 0.15) is 5.82 Å². The minimum Gasteiger partial charge on any atom is -0.447 e. The lowest BCUT2D eigenvalue weighted by Crippen LogP contribution is -2.18. The first-order valence-electron chi connectivity index (χ1n) is 4.34. The third-order valence-electron chi connectivity index (χ3n) is 1.37. The number of carbonyl (C=O) groups is 1. The molecule has 0 spiro atoms. The molecule has 1 heterocycles. The van der Waals surface area contributed by atoms with E-state index in [2.05, 4.69) is 15.3 Å². The van der Waals surface area contributed by atoms with Crippen LogP contribution in [0.1, 0.15) is 19.7 Å². The third kappa shape index (κ3) is 3.38. The van der Waals surface area contributed by atoms with Gasteiger partial charge in [0.25, 0.3) is 0 Å². The highest BCUT2D eigenvalue weighted by Crippen LogP contribution is 2.03. The maximum Gasteiger partial charge on any atom is 0.411 e. The Morgan fingerprint density at radius 2 is 2.00 bits per heavy atom. The van der Waals surface area contributed by atoms with Gasteiger partial charge < -0.3 is 4.74 Å². The number of nitrogens with zero attached hydrogens (tertiary/aromatic N) is 2. The molecule has 0 unspecified atom stereocenters. The monoisotopic (exact) mass is 195 g/mol. The van der Waals surface area contributed by atoms with Crippen LogP contribution < -0.4 is 5.32 Å². The van der Waals surface area contributed by atoms with E-state index in [0.29, 0.717) is 11.5 Å². The van der Waals surface area contributed by atoms with E-state index in [-0.39, 0.29) is 6.10 Å². The molecule has 0 fully saturated rings. The number of hydrogen-bond donors (Lipinski definition) is 1. The Kier molecular flexibility index (Phi) is 3.39. The zero-order valence-electron chi connectivity index (χ0n) is 8.44. The van der Waals surface area contributed by atoms with Crippen LogP contribution in [0.15, 0.2) is 12.4 Å². The first-order chi connectivity index (χ1) is 6.58. The number of hydrogen-bond acceptors (Lipinski definition) is 4. The van der Waals surface area contributed by atoms with Crippen molar-refractivity contribution in [3.8, 4) is 0 Å². The van der Waals surface area contributed by atoms with E-state index in [1.807, 2.05) is 0 Å². The molecule has 1 aromatic heterocycles. The first kappa shape index (κ1) is 10.4. The Labute approximate surface area is 82.5 Å². The standard InChI is InChI=1S/C9H13N3O2/c1-6(2)14-9(13)12-8-4-10-7(3)11-5-8/h4-6H,1-3H3,(H,12,13). The summed E-state index contributed by atoms with van der Waals surface area (Å²) < 4.78 is 4.88. The third-order valence-corrected chi connectivity index (χ3v) is 1.37. The lowest BCUT2D eigenvalue weighted by molar-refractivity contribution is 0.130. The highest BCUT2D eigenvalue weighted by molar-refractivity contribution is 5.84. The molecule has 1 N–H and O–H groups in total. The SMILES string of the molecule is Cc1ncc(NC(=O)OC(C)C)cn1. The van der Waals surface area contributed by atoms with Crippen LogP contribution in [0, 0.1) is 6.92 Å². The van der Waals surface area contributed by atoms with Gasteiger partial charge in [-0.05, 0) is 20.8 Å². The second kappa shape index (κ2) is 4.55. The topological polar surface area (TPSA) is 64.1 Å². The molecule has 0 aliphatic heterocycles. The van der Waals surface area contributed by atoms with Gasteiger partial charge in [0.2, 0.25) is 0 Å². The predicted octanol–water partition coefficient (Wildman–Crippen LogP) is 1.74. The normalized spacial score (nSPS) is 10.0. The van der Waals surface area contributed by atoms with Gasteiger partial charge in [-0.3, -0.25) is 5.32 Å². The molecule has 0 atom stereocenters. The van der Waals surface area contributed by atoms with E-state index >= 15 is 0 Å². The molecule has 5 heteroatoms. The van der Waals surface area contributed by atoms with E-state index < -0.39 is 6.09 Å². The zero-order chi connectivity index (χ0) is 10.6. The van der Waals surface area contributed by atoms with Crippen molar-refractivity contribution in [1.82, 2.24) is 9.97 Å². The fourth-order valence-corrected chi connectivity index (χ4v) is 0.819. The molecule has 0 saturated carbocycles. The van der Waals surface area contributed by atoms with Gasteiger partial charge >= 0.3 is 6.09 Å². The number of aryl methyl sites for hydroxylation is 1. The number of rotatable bonds is 2. The summed E-state index contributed by atoms with van der Waals surface area (Å²) in [6.07, 6.45) is 2.43. The Morgan fingerprint density at radius 1 is 1.43 bits per heavy atom. The predicted molar refractivity (Wildman–Crippen MR) is 52.0 cm³/mol. The highest BCUT2D eigenvalue weighted by atomic mass is 16.6. The molecule has 14 heavy (non-hydrogen) atoms. The van der Waals surface area contributed by atoms with E-state index in [9.17, 15) is 4.79 Å². The van der Waals surface area contributed by atoms with E-state index in [1.54, 1.807) is 20.8 Å². The van der Waals surface area contributed by atoms with Crippen molar-refractivity contribution >= 4 is 11.8 Å². The molecule has 0 saturated heterocycles. The summed E-state index contributed by atoms with van der Waals surface area (Å²) in [6.45, 7) is 5.34. The number of amides is 1. The van der Waals surface area contributed by atoms with Crippen molar-refractivity contribution in [3.63, 3.8) is 0 Å². The minimum absolute atomic E-state index is 0.138. The zero-order valence-corrected chi connectivity index (χ0v) is 8.44. The number of ether oxygens (including phenoxy) is 1. The molecule has 1 rings (SSSR count). The van der Waals surface area contributed by atoms with Gasteiger partial charge in [-0.15, -0.1) is 0 Å². The second-order valence-electron chi connectivity index (χ2n) is 3.10. The molecule has 5 nitrogen and oxygen atoms in total. The van der Waals surface area contributed by atoms with Crippen molar-refractivity contribution in [2.24, 2.45) is 0 Å². The summed E-state index contributed by atoms with van der Waals surface area (Å²) in [4.78, 5) is 19.0. The molecular weight excluding hydrogens is 182 g/mol. The quantitative estimate of drug-likeness (QED) is 0.780. The van der Waals surface area contributed by atoms with Gasteiger partial charge in [-0.25, -0.2) is 14.8 Å². The second-order valence-corrected chi connectivity index (χ2v) is 3.10. The smallest absolute Gasteiger partial charge is 0.411 e. The molecular formula is C9H13N3O2. The van der Waals surface area contributed by atoms with Crippen LogP contribution in [0.4, 0.5) is 10.5 Å². The fraction of sp³-hybridized carbons (Fsp3) is 0.444. The Balaban J connectivity index is 2.52. The molecule has 0 aromatic carbocycles. The van der Waals surface area contributed by atoms with Crippen molar-refractivity contribution in [1.29, 1.82) is 0 Å². The van der Waals surface area contributed by atoms with Gasteiger partial charge in [-0.2, -0.15) is 0 Å². The van der Waals surface area contributed by atoms with Gasteiger partial charge in [0.05, 0.1) is 24.2 Å². The molecule has 0 bridgehead atoms. The van der Waals surface area contributed by atoms with E-state index in [0.717, 1.165) is 0 Å². The lowest BCUT2D eigenvalue weighted by Gasteiger charge is -2.08. The van der Waals surface area contributed by atoms with Crippen molar-refractivity contribution < 1.29 is 9.53 Å². The Morgan fingerprint density at radius 3 is 2.50 bits per heavy atom. The van der Waals surface area contributed by atoms with Gasteiger partial charge in [0.15, 0.2) is 0 Å². The summed E-state index contributed by atoms with van der Waals surface area (Å²) in [5.41, 5.74) is 0.529. The van der Waals surface area contributed by atoms with Crippen LogP contribution in [-0.2, 0) is 4.74 Å². The lowest BCUT2D eigenvalue weighted by atomic mass is 10.5. The number of aromatic nitrogens is 2. The Hall–Kier alpha value is -1.65. The average molecular weight is 195 g/mol. The number of anilines is 1. The van der Waals surface area contributed by atoms with Crippen LogP contribution in [0.5, 0.6) is 0 Å². The van der Waals surface area contributed by atoms with Crippen molar-refractivity contribution in [2.45, 2.75) is 26.9 Å². The molecule has 76 valence electrons. The van der Waals surface area contributed by atoms with E-state index in [1.165, 1.54) is 12.4 Å². The summed E-state index contributed by atoms with van der Waals surface area (Å²) in [5.74, 6) is 0.660. The van der Waals surface area contributed by atoms with Crippen molar-refractivity contribution in [2.75, 3.05) is 5.32 Å². The average Bonchev–Trinajstić information content (AvgIpc) is 2.07. The summed E-state index contributed by atoms with van der Waals surface area (Å²) in [7, 11) is 0. The van der Waals surface area contributed by atoms with E-state index in [4.69, 9.17) is 4.74 Å². The van der Waals surface area contributed by atoms with Crippen LogP contribution in [0.2, 0.25) is 0 Å². The fourth-order valence-electron chi connectivity index (χ4n) is 0.819. The van der Waals surface area contributed by atoms with Gasteiger partial charge in [-0.1, -0.05) is 0 Å². The van der Waals surface area contributed by atoms with Crippen LogP contribution in [0.25, 0.3) is 0 Å².